The summed E-state index contributed by atoms with van der Waals surface area (Å²) >= 11 is 3.75. The van der Waals surface area contributed by atoms with E-state index in [0.717, 1.165) is 14.9 Å². The number of hydrogen-bond acceptors (Lipinski definition) is 7. The van der Waals surface area contributed by atoms with E-state index >= 15 is 0 Å². The van der Waals surface area contributed by atoms with Crippen LogP contribution >= 0.6 is 34.4 Å². The van der Waals surface area contributed by atoms with Crippen molar-refractivity contribution in [2.24, 2.45) is 5.10 Å². The van der Waals surface area contributed by atoms with Gasteiger partial charge in [-0.3, -0.25) is 5.43 Å². The SMILES string of the molecule is Nc1ncccc1/C=N/Nc1nc(SCc2ccccc2)ncc1I. The Kier molecular flexibility index (Phi) is 6.18. The Morgan fingerprint density at radius 1 is 1.16 bits per heavy atom. The number of nitrogens with zero attached hydrogens (tertiary/aromatic N) is 4. The summed E-state index contributed by atoms with van der Waals surface area (Å²) < 4.78 is 0.887. The molecular formula is C17H15IN6S. The van der Waals surface area contributed by atoms with Gasteiger partial charge in [0.05, 0.1) is 9.78 Å². The zero-order valence-corrected chi connectivity index (χ0v) is 16.1. The fraction of sp³-hybridized carbons (Fsp3) is 0.0588. The van der Waals surface area contributed by atoms with E-state index in [-0.39, 0.29) is 0 Å². The number of pyridine rings is 1. The average Bonchev–Trinajstić information content (AvgIpc) is 2.64. The summed E-state index contributed by atoms with van der Waals surface area (Å²) in [7, 11) is 0. The Hall–Kier alpha value is -2.20. The predicted molar refractivity (Wildman–Crippen MR) is 111 cm³/mol. The van der Waals surface area contributed by atoms with Crippen LogP contribution in [0.2, 0.25) is 0 Å². The zero-order valence-electron chi connectivity index (χ0n) is 13.1. The lowest BCUT2D eigenvalue weighted by Crippen LogP contribution is -2.01. The first-order chi connectivity index (χ1) is 12.2. The van der Waals surface area contributed by atoms with E-state index in [1.807, 2.05) is 30.3 Å². The third-order valence-corrected chi connectivity index (χ3v) is 4.90. The Balaban J connectivity index is 1.66. The number of benzene rings is 1. The molecule has 0 aliphatic carbocycles. The van der Waals surface area contributed by atoms with Crippen molar-refractivity contribution in [3.8, 4) is 0 Å². The van der Waals surface area contributed by atoms with Crippen molar-refractivity contribution < 1.29 is 0 Å². The molecule has 0 bridgehead atoms. The fourth-order valence-electron chi connectivity index (χ4n) is 1.92. The second kappa shape index (κ2) is 8.77. The van der Waals surface area contributed by atoms with Gasteiger partial charge in [-0.2, -0.15) is 5.10 Å². The summed E-state index contributed by atoms with van der Waals surface area (Å²) in [6, 6.07) is 13.9. The zero-order chi connectivity index (χ0) is 17.5. The van der Waals surface area contributed by atoms with Gasteiger partial charge in [0.25, 0.3) is 0 Å². The maximum Gasteiger partial charge on any atom is 0.189 e. The molecule has 0 spiro atoms. The van der Waals surface area contributed by atoms with Gasteiger partial charge in [0.1, 0.15) is 5.82 Å². The van der Waals surface area contributed by atoms with Gasteiger partial charge in [-0.1, -0.05) is 42.1 Å². The molecule has 0 saturated heterocycles. The predicted octanol–water partition coefficient (Wildman–Crippen LogP) is 3.80. The van der Waals surface area contributed by atoms with E-state index in [1.54, 1.807) is 30.4 Å². The van der Waals surface area contributed by atoms with Crippen molar-refractivity contribution in [2.45, 2.75) is 10.9 Å². The molecule has 25 heavy (non-hydrogen) atoms. The number of aromatic nitrogens is 3. The maximum absolute atomic E-state index is 5.79. The highest BCUT2D eigenvalue weighted by Gasteiger charge is 2.05. The summed E-state index contributed by atoms with van der Waals surface area (Å²) in [5.74, 6) is 1.91. The van der Waals surface area contributed by atoms with Crippen LogP contribution in [0, 0.1) is 3.57 Å². The van der Waals surface area contributed by atoms with Gasteiger partial charge in [-0.15, -0.1) is 0 Å². The molecule has 1 aromatic carbocycles. The lowest BCUT2D eigenvalue weighted by Gasteiger charge is -2.05. The average molecular weight is 462 g/mol. The summed E-state index contributed by atoms with van der Waals surface area (Å²) in [4.78, 5) is 12.9. The van der Waals surface area contributed by atoms with Gasteiger partial charge >= 0.3 is 0 Å². The molecule has 6 nitrogen and oxygen atoms in total. The number of rotatable bonds is 6. The molecule has 0 unspecified atom stereocenters. The van der Waals surface area contributed by atoms with Crippen molar-refractivity contribution in [1.82, 2.24) is 15.0 Å². The number of thioether (sulfide) groups is 1. The van der Waals surface area contributed by atoms with Crippen LogP contribution in [0.4, 0.5) is 11.6 Å². The highest BCUT2D eigenvalue weighted by Crippen LogP contribution is 2.22. The van der Waals surface area contributed by atoms with Crippen LogP contribution in [0.25, 0.3) is 0 Å². The Bertz CT molecular complexity index is 872. The number of hydrazone groups is 1. The minimum atomic E-state index is 0.435. The van der Waals surface area contributed by atoms with E-state index in [0.29, 0.717) is 16.8 Å². The Morgan fingerprint density at radius 3 is 2.80 bits per heavy atom. The molecule has 0 radical (unpaired) electrons. The van der Waals surface area contributed by atoms with Crippen LogP contribution in [0.5, 0.6) is 0 Å². The van der Waals surface area contributed by atoms with Crippen LogP contribution in [0.3, 0.4) is 0 Å². The van der Waals surface area contributed by atoms with Crippen LogP contribution < -0.4 is 11.2 Å². The number of anilines is 2. The molecular weight excluding hydrogens is 447 g/mol. The first-order valence-electron chi connectivity index (χ1n) is 7.41. The highest BCUT2D eigenvalue weighted by molar-refractivity contribution is 14.1. The molecule has 126 valence electrons. The minimum absolute atomic E-state index is 0.435. The number of nitrogens with two attached hydrogens (primary N) is 1. The molecule has 3 aromatic rings. The molecule has 0 fully saturated rings. The molecule has 0 amide bonds. The lowest BCUT2D eigenvalue weighted by molar-refractivity contribution is 0.953. The van der Waals surface area contributed by atoms with Crippen molar-refractivity contribution in [2.75, 3.05) is 11.2 Å². The van der Waals surface area contributed by atoms with Crippen LogP contribution in [0.1, 0.15) is 11.1 Å². The molecule has 3 rings (SSSR count). The number of nitrogens with one attached hydrogen (secondary N) is 1. The van der Waals surface area contributed by atoms with Crippen LogP contribution in [-0.4, -0.2) is 21.2 Å². The Labute approximate surface area is 163 Å². The number of halogens is 1. The van der Waals surface area contributed by atoms with E-state index in [4.69, 9.17) is 5.73 Å². The molecule has 0 atom stereocenters. The Morgan fingerprint density at radius 2 is 2.00 bits per heavy atom. The first kappa shape index (κ1) is 17.6. The van der Waals surface area contributed by atoms with E-state index in [1.165, 1.54) is 5.56 Å². The summed E-state index contributed by atoms with van der Waals surface area (Å²) in [5, 5.41) is 4.89. The van der Waals surface area contributed by atoms with Crippen molar-refractivity contribution in [3.05, 3.63) is 69.6 Å². The molecule has 8 heteroatoms. The molecule has 0 saturated carbocycles. The lowest BCUT2D eigenvalue weighted by atomic mass is 10.2. The second-order valence-corrected chi connectivity index (χ2v) is 7.08. The van der Waals surface area contributed by atoms with E-state index < -0.39 is 0 Å². The molecule has 0 aliphatic rings. The van der Waals surface area contributed by atoms with E-state index in [2.05, 4.69) is 60.2 Å². The van der Waals surface area contributed by atoms with Gasteiger partial charge in [-0.05, 0) is 40.3 Å². The monoisotopic (exact) mass is 462 g/mol. The largest absolute Gasteiger partial charge is 0.383 e. The van der Waals surface area contributed by atoms with Crippen LogP contribution in [-0.2, 0) is 5.75 Å². The van der Waals surface area contributed by atoms with Gasteiger partial charge < -0.3 is 5.73 Å². The highest BCUT2D eigenvalue weighted by atomic mass is 127. The summed E-state index contributed by atoms with van der Waals surface area (Å²) in [6.07, 6.45) is 5.04. The van der Waals surface area contributed by atoms with Crippen molar-refractivity contribution in [3.63, 3.8) is 0 Å². The quantitative estimate of drug-likeness (QED) is 0.191. The fourth-order valence-corrected chi connectivity index (χ4v) is 3.07. The maximum atomic E-state index is 5.79. The van der Waals surface area contributed by atoms with Crippen molar-refractivity contribution >= 4 is 52.2 Å². The smallest absolute Gasteiger partial charge is 0.189 e. The molecule has 2 aromatic heterocycles. The molecule has 2 heterocycles. The van der Waals surface area contributed by atoms with Crippen molar-refractivity contribution in [1.29, 1.82) is 0 Å². The van der Waals surface area contributed by atoms with Crippen LogP contribution in [0.15, 0.2) is 65.1 Å². The normalized spacial score (nSPS) is 10.9. The standard InChI is InChI=1S/C17H15IN6S/c18-14-10-21-17(25-11-12-5-2-1-3-6-12)23-16(14)24-22-9-13-7-4-8-20-15(13)19/h1-10H,11H2,(H2,19,20)(H,21,23,24)/b22-9+. The van der Waals surface area contributed by atoms with Gasteiger partial charge in [-0.25, -0.2) is 15.0 Å². The third kappa shape index (κ3) is 5.13. The number of nitrogen functional groups attached to an aromatic ring is 1. The number of hydrogen-bond donors (Lipinski definition) is 2. The molecule has 3 N–H and O–H groups in total. The second-order valence-electron chi connectivity index (χ2n) is 4.97. The summed E-state index contributed by atoms with van der Waals surface area (Å²) in [5.41, 5.74) is 10.7. The van der Waals surface area contributed by atoms with Gasteiger partial charge in [0, 0.05) is 23.7 Å². The summed E-state index contributed by atoms with van der Waals surface area (Å²) in [6.45, 7) is 0. The topological polar surface area (TPSA) is 89.1 Å². The van der Waals surface area contributed by atoms with Gasteiger partial charge in [0.15, 0.2) is 11.0 Å². The minimum Gasteiger partial charge on any atom is -0.383 e. The third-order valence-electron chi connectivity index (χ3n) is 3.18. The first-order valence-corrected chi connectivity index (χ1v) is 9.47. The van der Waals surface area contributed by atoms with Gasteiger partial charge in [0.2, 0.25) is 0 Å². The van der Waals surface area contributed by atoms with E-state index in [9.17, 15) is 0 Å². The molecule has 0 aliphatic heterocycles.